The Morgan fingerprint density at radius 3 is 3.00 bits per heavy atom. The van der Waals surface area contributed by atoms with E-state index >= 15 is 0 Å². The Bertz CT molecular complexity index is 637. The van der Waals surface area contributed by atoms with Crippen molar-refractivity contribution < 1.29 is 13.9 Å². The number of carbonyl (C=O) groups is 1. The molecule has 2 heterocycles. The molecule has 6 nitrogen and oxygen atoms in total. The summed E-state index contributed by atoms with van der Waals surface area (Å²) in [6.07, 6.45) is 2.85. The molecule has 0 radical (unpaired) electrons. The van der Waals surface area contributed by atoms with Crippen LogP contribution >= 0.6 is 0 Å². The van der Waals surface area contributed by atoms with E-state index in [4.69, 9.17) is 9.15 Å². The summed E-state index contributed by atoms with van der Waals surface area (Å²) in [6, 6.07) is 6.74. The van der Waals surface area contributed by atoms with Gasteiger partial charge in [0, 0.05) is 12.3 Å². The number of amides is 1. The molecule has 0 saturated carbocycles. The van der Waals surface area contributed by atoms with Crippen LogP contribution in [0.4, 0.5) is 0 Å². The van der Waals surface area contributed by atoms with Gasteiger partial charge in [-0.2, -0.15) is 0 Å². The molecule has 20 heavy (non-hydrogen) atoms. The van der Waals surface area contributed by atoms with Crippen molar-refractivity contribution in [3.63, 3.8) is 0 Å². The smallest absolute Gasteiger partial charge is 0.258 e. The Morgan fingerprint density at radius 2 is 2.30 bits per heavy atom. The lowest BCUT2D eigenvalue weighted by molar-refractivity contribution is -0.123. The Balaban J connectivity index is 1.82. The first-order chi connectivity index (χ1) is 9.65. The van der Waals surface area contributed by atoms with E-state index in [0.29, 0.717) is 12.3 Å². The van der Waals surface area contributed by atoms with Gasteiger partial charge in [-0.3, -0.25) is 14.6 Å². The number of hydrogen-bond donors (Lipinski definition) is 1. The highest BCUT2D eigenvalue weighted by molar-refractivity contribution is 5.77. The molecule has 0 atom stereocenters. The summed E-state index contributed by atoms with van der Waals surface area (Å²) in [5, 5.41) is 2.64. The molecule has 0 aromatic carbocycles. The van der Waals surface area contributed by atoms with E-state index in [1.54, 1.807) is 25.3 Å². The molecule has 6 heteroatoms. The van der Waals surface area contributed by atoms with Crippen LogP contribution < -0.4 is 15.5 Å². The lowest BCUT2D eigenvalue weighted by atomic mass is 10.3. The van der Waals surface area contributed by atoms with Crippen LogP contribution in [-0.2, 0) is 11.3 Å². The van der Waals surface area contributed by atoms with E-state index in [1.807, 2.05) is 6.07 Å². The number of aryl methyl sites for hydroxylation is 1. The van der Waals surface area contributed by atoms with E-state index in [9.17, 15) is 9.59 Å². The second-order valence-electron chi connectivity index (χ2n) is 4.11. The van der Waals surface area contributed by atoms with E-state index in [0.717, 1.165) is 5.69 Å². The average molecular weight is 274 g/mol. The molecular weight excluding hydrogens is 260 g/mol. The molecule has 0 aliphatic carbocycles. The topological polar surface area (TPSA) is 81.4 Å². The number of hydrogen-bond acceptors (Lipinski definition) is 5. The predicted molar refractivity (Wildman–Crippen MR) is 71.3 cm³/mol. The molecule has 0 spiro atoms. The molecule has 0 fully saturated rings. The summed E-state index contributed by atoms with van der Waals surface area (Å²) < 4.78 is 10.1. The first kappa shape index (κ1) is 13.8. The maximum Gasteiger partial charge on any atom is 0.258 e. The normalized spacial score (nSPS) is 10.1. The summed E-state index contributed by atoms with van der Waals surface area (Å²) in [7, 11) is 0. The second kappa shape index (κ2) is 6.51. The van der Waals surface area contributed by atoms with Gasteiger partial charge in [0.25, 0.3) is 5.91 Å². The fourth-order valence-corrected chi connectivity index (χ4v) is 1.49. The molecular formula is C14H14N2O4. The minimum Gasteiger partial charge on any atom is -0.477 e. The molecule has 104 valence electrons. The summed E-state index contributed by atoms with van der Waals surface area (Å²) in [6.45, 7) is 1.72. The van der Waals surface area contributed by atoms with Crippen molar-refractivity contribution in [2.45, 2.75) is 13.5 Å². The third-order valence-corrected chi connectivity index (χ3v) is 2.48. The number of carbonyl (C=O) groups excluding carboxylic acids is 1. The molecule has 0 aliphatic rings. The first-order valence-corrected chi connectivity index (χ1v) is 6.04. The van der Waals surface area contributed by atoms with E-state index in [1.165, 1.54) is 12.3 Å². The van der Waals surface area contributed by atoms with Crippen molar-refractivity contribution >= 4 is 5.91 Å². The van der Waals surface area contributed by atoms with Crippen LogP contribution in [0.5, 0.6) is 5.75 Å². The fraction of sp³-hybridized carbons (Fsp3) is 0.214. The Kier molecular flexibility index (Phi) is 4.49. The standard InChI is InChI=1S/C14H14N2O4/c1-10-6-12(17)13(8-19-10)20-9-14(18)16-7-11-4-2-3-5-15-11/h2-6,8H,7,9H2,1H3,(H,16,18). The highest BCUT2D eigenvalue weighted by Crippen LogP contribution is 2.04. The SMILES string of the molecule is Cc1cc(=O)c(OCC(=O)NCc2ccccn2)co1. The number of rotatable bonds is 5. The molecule has 2 aromatic heterocycles. The zero-order valence-corrected chi connectivity index (χ0v) is 11.0. The quantitative estimate of drug-likeness (QED) is 0.881. The predicted octanol–water partition coefficient (Wildman–Crippen LogP) is 1.04. The molecule has 1 N–H and O–H groups in total. The zero-order valence-electron chi connectivity index (χ0n) is 11.0. The second-order valence-corrected chi connectivity index (χ2v) is 4.11. The van der Waals surface area contributed by atoms with Crippen LogP contribution in [0.1, 0.15) is 11.5 Å². The van der Waals surface area contributed by atoms with Crippen molar-refractivity contribution in [1.29, 1.82) is 0 Å². The number of aromatic nitrogens is 1. The van der Waals surface area contributed by atoms with Crippen LogP contribution in [0.15, 0.2) is 45.9 Å². The lowest BCUT2D eigenvalue weighted by Gasteiger charge is -2.06. The van der Waals surface area contributed by atoms with Crippen molar-refractivity contribution in [1.82, 2.24) is 10.3 Å². The first-order valence-electron chi connectivity index (χ1n) is 6.04. The van der Waals surface area contributed by atoms with Gasteiger partial charge >= 0.3 is 0 Å². The number of ether oxygens (including phenoxy) is 1. The number of pyridine rings is 1. The molecule has 1 amide bonds. The molecule has 0 aliphatic heterocycles. The van der Waals surface area contributed by atoms with Gasteiger partial charge in [-0.05, 0) is 19.1 Å². The summed E-state index contributed by atoms with van der Waals surface area (Å²) in [5.74, 6) is 0.168. The number of nitrogens with one attached hydrogen (secondary N) is 1. The molecule has 0 saturated heterocycles. The molecule has 0 unspecified atom stereocenters. The summed E-state index contributed by atoms with van der Waals surface area (Å²) in [5.41, 5.74) is 0.432. The van der Waals surface area contributed by atoms with E-state index < -0.39 is 0 Å². The average Bonchev–Trinajstić information content (AvgIpc) is 2.45. The zero-order chi connectivity index (χ0) is 14.4. The maximum absolute atomic E-state index is 11.6. The van der Waals surface area contributed by atoms with Gasteiger partial charge < -0.3 is 14.5 Å². The van der Waals surface area contributed by atoms with Crippen molar-refractivity contribution in [2.75, 3.05) is 6.61 Å². The summed E-state index contributed by atoms with van der Waals surface area (Å²) >= 11 is 0. The molecule has 0 bridgehead atoms. The Labute approximate surface area is 115 Å². The third kappa shape index (κ3) is 3.94. The fourth-order valence-electron chi connectivity index (χ4n) is 1.49. The highest BCUT2D eigenvalue weighted by atomic mass is 16.5. The Morgan fingerprint density at radius 1 is 1.45 bits per heavy atom. The largest absolute Gasteiger partial charge is 0.477 e. The van der Waals surface area contributed by atoms with Crippen LogP contribution in [0.2, 0.25) is 0 Å². The van der Waals surface area contributed by atoms with E-state index in [-0.39, 0.29) is 23.7 Å². The maximum atomic E-state index is 11.6. The van der Waals surface area contributed by atoms with Gasteiger partial charge in [0.05, 0.1) is 12.2 Å². The van der Waals surface area contributed by atoms with Crippen molar-refractivity contribution in [2.24, 2.45) is 0 Å². The van der Waals surface area contributed by atoms with Gasteiger partial charge in [-0.25, -0.2) is 0 Å². The lowest BCUT2D eigenvalue weighted by Crippen LogP contribution is -2.29. The van der Waals surface area contributed by atoms with Gasteiger partial charge in [0.1, 0.15) is 12.0 Å². The van der Waals surface area contributed by atoms with Crippen LogP contribution in [0.3, 0.4) is 0 Å². The van der Waals surface area contributed by atoms with Crippen molar-refractivity contribution in [3.05, 3.63) is 58.4 Å². The van der Waals surface area contributed by atoms with Gasteiger partial charge in [-0.1, -0.05) is 6.07 Å². The Hall–Kier alpha value is -2.63. The monoisotopic (exact) mass is 274 g/mol. The van der Waals surface area contributed by atoms with Gasteiger partial charge in [-0.15, -0.1) is 0 Å². The third-order valence-electron chi connectivity index (χ3n) is 2.48. The highest BCUT2D eigenvalue weighted by Gasteiger charge is 2.06. The minimum absolute atomic E-state index is 0.0172. The van der Waals surface area contributed by atoms with Gasteiger partial charge in [0.15, 0.2) is 6.61 Å². The van der Waals surface area contributed by atoms with Crippen molar-refractivity contribution in [3.8, 4) is 5.75 Å². The number of nitrogens with zero attached hydrogens (tertiary/aromatic N) is 1. The minimum atomic E-state index is -0.337. The molecule has 2 rings (SSSR count). The van der Waals surface area contributed by atoms with Gasteiger partial charge in [0.2, 0.25) is 11.2 Å². The van der Waals surface area contributed by atoms with E-state index in [2.05, 4.69) is 10.3 Å². The van der Waals surface area contributed by atoms with Crippen LogP contribution in [0, 0.1) is 6.92 Å². The summed E-state index contributed by atoms with van der Waals surface area (Å²) in [4.78, 5) is 27.1. The van der Waals surface area contributed by atoms with Crippen LogP contribution in [-0.4, -0.2) is 17.5 Å². The van der Waals surface area contributed by atoms with Crippen LogP contribution in [0.25, 0.3) is 0 Å². The molecule has 2 aromatic rings.